The fraction of sp³-hybridized carbons (Fsp3) is 0.692. The molecule has 0 N–H and O–H groups in total. The van der Waals surface area contributed by atoms with Gasteiger partial charge in [-0.3, -0.25) is 9.88 Å². The zero-order chi connectivity index (χ0) is 23.6. The number of hydrogen-bond donors (Lipinski definition) is 0. The molecule has 7 nitrogen and oxygen atoms in total. The second-order valence-corrected chi connectivity index (χ2v) is 11.2. The van der Waals surface area contributed by atoms with Gasteiger partial charge in [-0.1, -0.05) is 46.3 Å². The first-order valence-corrected chi connectivity index (χ1v) is 12.4. The molecule has 0 saturated carbocycles. The van der Waals surface area contributed by atoms with Crippen LogP contribution < -0.4 is 4.90 Å². The topological polar surface area (TPSA) is 71.2 Å². The Morgan fingerprint density at radius 2 is 1.85 bits per heavy atom. The Hall–Kier alpha value is -2.28. The van der Waals surface area contributed by atoms with Gasteiger partial charge >= 0.3 is 0 Å². The minimum absolute atomic E-state index is 0.106. The quantitative estimate of drug-likeness (QED) is 0.603. The first-order valence-electron chi connectivity index (χ1n) is 12.4. The third-order valence-electron chi connectivity index (χ3n) is 7.33. The molecule has 7 heteroatoms. The van der Waals surface area contributed by atoms with Crippen LogP contribution in [0.5, 0.6) is 0 Å². The minimum atomic E-state index is -0.106. The van der Waals surface area contributed by atoms with Crippen LogP contribution in [-0.2, 0) is 11.8 Å². The largest absolute Gasteiger partial charge is 0.425 e. The monoisotopic (exact) mass is 452 g/mol. The highest BCUT2D eigenvalue weighted by molar-refractivity contribution is 5.35. The number of anilines is 1. The highest BCUT2D eigenvalue weighted by atomic mass is 16.4. The van der Waals surface area contributed by atoms with Crippen molar-refractivity contribution in [3.8, 4) is 0 Å². The molecule has 3 atom stereocenters. The molecule has 1 aliphatic carbocycles. The van der Waals surface area contributed by atoms with Crippen LogP contribution in [-0.4, -0.2) is 57.8 Å². The maximum absolute atomic E-state index is 6.02. The maximum Gasteiger partial charge on any atom is 0.221 e. The first-order chi connectivity index (χ1) is 15.7. The van der Waals surface area contributed by atoms with Crippen molar-refractivity contribution in [3.63, 3.8) is 0 Å². The van der Waals surface area contributed by atoms with Crippen molar-refractivity contribution in [2.45, 2.75) is 59.8 Å². The van der Waals surface area contributed by atoms with Crippen LogP contribution in [0.3, 0.4) is 0 Å². The van der Waals surface area contributed by atoms with Crippen LogP contribution in [0.1, 0.15) is 59.7 Å². The molecular formula is C26H40N6O. The molecule has 1 aliphatic heterocycles. The van der Waals surface area contributed by atoms with E-state index in [4.69, 9.17) is 4.42 Å². The molecule has 1 fully saturated rings. The van der Waals surface area contributed by atoms with Crippen molar-refractivity contribution < 1.29 is 4.42 Å². The first kappa shape index (κ1) is 23.9. The van der Waals surface area contributed by atoms with Crippen LogP contribution in [0.2, 0.25) is 0 Å². The third-order valence-corrected chi connectivity index (χ3v) is 7.33. The summed E-state index contributed by atoms with van der Waals surface area (Å²) in [5.74, 6) is 4.89. The molecule has 0 spiro atoms. The van der Waals surface area contributed by atoms with E-state index in [-0.39, 0.29) is 5.41 Å². The molecule has 4 rings (SSSR count). The molecule has 180 valence electrons. The number of hydrogen-bond acceptors (Lipinski definition) is 7. The summed E-state index contributed by atoms with van der Waals surface area (Å²) < 4.78 is 6.02. The van der Waals surface area contributed by atoms with E-state index in [0.717, 1.165) is 56.7 Å². The van der Waals surface area contributed by atoms with Crippen LogP contribution >= 0.6 is 0 Å². The van der Waals surface area contributed by atoms with Gasteiger partial charge in [0, 0.05) is 57.0 Å². The van der Waals surface area contributed by atoms with Crippen LogP contribution in [0.25, 0.3) is 0 Å². The molecule has 0 radical (unpaired) electrons. The van der Waals surface area contributed by atoms with Crippen LogP contribution in [0.4, 0.5) is 5.82 Å². The average molecular weight is 453 g/mol. The van der Waals surface area contributed by atoms with Gasteiger partial charge in [-0.05, 0) is 37.0 Å². The van der Waals surface area contributed by atoms with Crippen molar-refractivity contribution >= 4 is 5.82 Å². The molecule has 2 aliphatic rings. The average Bonchev–Trinajstić information content (AvgIpc) is 3.26. The summed E-state index contributed by atoms with van der Waals surface area (Å²) in [6.45, 7) is 18.7. The van der Waals surface area contributed by atoms with E-state index in [1.54, 1.807) is 12.4 Å². The van der Waals surface area contributed by atoms with Crippen molar-refractivity contribution in [2.24, 2.45) is 23.7 Å². The lowest BCUT2D eigenvalue weighted by Gasteiger charge is -2.41. The van der Waals surface area contributed by atoms with Gasteiger partial charge in [0.15, 0.2) is 0 Å². The Kier molecular flexibility index (Phi) is 7.17. The van der Waals surface area contributed by atoms with Gasteiger partial charge in [0.05, 0.1) is 6.20 Å². The Bertz CT molecular complexity index is 924. The van der Waals surface area contributed by atoms with E-state index in [0.29, 0.717) is 23.7 Å². The molecule has 2 aromatic heterocycles. The normalized spacial score (nSPS) is 24.9. The zero-order valence-corrected chi connectivity index (χ0v) is 21.2. The molecule has 2 aromatic rings. The summed E-state index contributed by atoms with van der Waals surface area (Å²) in [4.78, 5) is 13.7. The Labute approximate surface area is 198 Å². The van der Waals surface area contributed by atoms with Gasteiger partial charge in [-0.25, -0.2) is 4.98 Å². The number of aromatic nitrogens is 4. The standard InChI is InChI=1S/C26H40N6O/c1-18(2)22-14-20(15-24-29-30-25(33-24)26(4,5)6)19(3)13-21(22)17-31-9-11-32(12-10-31)23-16-27-7-8-28-23/h7-8,13,16,18,20-22H,9-12,14-15,17H2,1-6H3. The highest BCUT2D eigenvalue weighted by Gasteiger charge is 2.34. The van der Waals surface area contributed by atoms with Crippen molar-refractivity contribution in [1.29, 1.82) is 0 Å². The smallest absolute Gasteiger partial charge is 0.221 e. The molecule has 1 saturated heterocycles. The molecular weight excluding hydrogens is 412 g/mol. The lowest BCUT2D eigenvalue weighted by Crippen LogP contribution is -2.49. The Morgan fingerprint density at radius 3 is 2.45 bits per heavy atom. The van der Waals surface area contributed by atoms with Gasteiger partial charge in [0.25, 0.3) is 0 Å². The predicted molar refractivity (Wildman–Crippen MR) is 131 cm³/mol. The zero-order valence-electron chi connectivity index (χ0n) is 21.2. The number of piperazine rings is 1. The fourth-order valence-electron chi connectivity index (χ4n) is 5.25. The summed E-state index contributed by atoms with van der Waals surface area (Å²) in [6, 6.07) is 0. The summed E-state index contributed by atoms with van der Waals surface area (Å²) in [5.41, 5.74) is 1.37. The predicted octanol–water partition coefficient (Wildman–Crippen LogP) is 4.38. The van der Waals surface area contributed by atoms with E-state index in [1.165, 1.54) is 12.0 Å². The number of allylic oxidation sites excluding steroid dienone is 1. The Balaban J connectivity index is 1.38. The molecule has 0 aromatic carbocycles. The summed E-state index contributed by atoms with van der Waals surface area (Å²) in [6.07, 6.45) is 9.97. The number of nitrogens with zero attached hydrogens (tertiary/aromatic N) is 6. The summed E-state index contributed by atoms with van der Waals surface area (Å²) in [7, 11) is 0. The van der Waals surface area contributed by atoms with E-state index in [2.05, 4.69) is 77.6 Å². The lowest BCUT2D eigenvalue weighted by atomic mass is 9.69. The van der Waals surface area contributed by atoms with E-state index in [9.17, 15) is 0 Å². The van der Waals surface area contributed by atoms with Gasteiger partial charge in [0.2, 0.25) is 11.8 Å². The van der Waals surface area contributed by atoms with Gasteiger partial charge in [-0.15, -0.1) is 10.2 Å². The molecule has 33 heavy (non-hydrogen) atoms. The minimum Gasteiger partial charge on any atom is -0.425 e. The fourth-order valence-corrected chi connectivity index (χ4v) is 5.25. The van der Waals surface area contributed by atoms with E-state index < -0.39 is 0 Å². The van der Waals surface area contributed by atoms with Crippen molar-refractivity contribution in [1.82, 2.24) is 25.1 Å². The number of rotatable bonds is 6. The SMILES string of the molecule is CC1=CC(CN2CCN(c3cnccn3)CC2)C(C(C)C)CC1Cc1nnc(C(C)(C)C)o1. The van der Waals surface area contributed by atoms with E-state index in [1.807, 2.05) is 6.20 Å². The lowest BCUT2D eigenvalue weighted by molar-refractivity contribution is 0.154. The molecule has 3 heterocycles. The summed E-state index contributed by atoms with van der Waals surface area (Å²) >= 11 is 0. The van der Waals surface area contributed by atoms with E-state index >= 15 is 0 Å². The van der Waals surface area contributed by atoms with Gasteiger partial charge in [0.1, 0.15) is 5.82 Å². The van der Waals surface area contributed by atoms with Crippen LogP contribution in [0, 0.1) is 23.7 Å². The van der Waals surface area contributed by atoms with Gasteiger partial charge < -0.3 is 9.32 Å². The Morgan fingerprint density at radius 1 is 1.09 bits per heavy atom. The molecule has 0 bridgehead atoms. The third kappa shape index (κ3) is 5.81. The second-order valence-electron chi connectivity index (χ2n) is 11.2. The van der Waals surface area contributed by atoms with Crippen molar-refractivity contribution in [2.75, 3.05) is 37.6 Å². The maximum atomic E-state index is 6.02. The van der Waals surface area contributed by atoms with Gasteiger partial charge in [-0.2, -0.15) is 0 Å². The van der Waals surface area contributed by atoms with Crippen molar-refractivity contribution in [3.05, 3.63) is 42.0 Å². The highest BCUT2D eigenvalue weighted by Crippen LogP contribution is 2.39. The van der Waals surface area contributed by atoms with Crippen LogP contribution in [0.15, 0.2) is 34.7 Å². The second kappa shape index (κ2) is 9.92. The summed E-state index contributed by atoms with van der Waals surface area (Å²) in [5, 5.41) is 8.66. The molecule has 0 amide bonds. The molecule has 3 unspecified atom stereocenters.